The Morgan fingerprint density at radius 1 is 1.20 bits per heavy atom. The lowest BCUT2D eigenvalue weighted by Gasteiger charge is -2.28. The maximum Gasteiger partial charge on any atom is 0.0371 e. The molecule has 0 aromatic heterocycles. The molecule has 1 unspecified atom stereocenters. The summed E-state index contributed by atoms with van der Waals surface area (Å²) in [6.07, 6.45) is 4.26. The predicted octanol–water partition coefficient (Wildman–Crippen LogP) is 4.54. The van der Waals surface area contributed by atoms with Crippen molar-refractivity contribution < 1.29 is 0 Å². The third-order valence-electron chi connectivity index (χ3n) is 3.63. The standard InChI is InChI=1S/C18H30N2/c1-6-13-19-18(8-3)16-9-11-17(12-10-16)20(14-7-2)15(4)5/h7,9-12,15,18-19H,2,6,8,13-14H2,1,3-5H3. The van der Waals surface area contributed by atoms with Crippen LogP contribution in [0.1, 0.15) is 52.1 Å². The maximum atomic E-state index is 3.85. The Kier molecular flexibility index (Phi) is 7.38. The minimum absolute atomic E-state index is 0.468. The van der Waals surface area contributed by atoms with Gasteiger partial charge in [0.15, 0.2) is 0 Å². The van der Waals surface area contributed by atoms with Gasteiger partial charge in [-0.05, 0) is 50.9 Å². The molecule has 0 saturated heterocycles. The van der Waals surface area contributed by atoms with Crippen LogP contribution in [0.3, 0.4) is 0 Å². The zero-order valence-corrected chi connectivity index (χ0v) is 13.5. The second-order valence-corrected chi connectivity index (χ2v) is 5.54. The van der Waals surface area contributed by atoms with Crippen molar-refractivity contribution in [1.29, 1.82) is 0 Å². The van der Waals surface area contributed by atoms with Gasteiger partial charge in [-0.15, -0.1) is 6.58 Å². The van der Waals surface area contributed by atoms with Crippen LogP contribution in [0.25, 0.3) is 0 Å². The molecular formula is C18H30N2. The lowest BCUT2D eigenvalue weighted by atomic mass is 10.0. The van der Waals surface area contributed by atoms with E-state index in [1.165, 1.54) is 17.7 Å². The fourth-order valence-electron chi connectivity index (χ4n) is 2.47. The molecule has 0 radical (unpaired) electrons. The Labute approximate surface area is 124 Å². The first-order chi connectivity index (χ1) is 9.63. The summed E-state index contributed by atoms with van der Waals surface area (Å²) in [4.78, 5) is 2.36. The second kappa shape index (κ2) is 8.80. The third kappa shape index (κ3) is 4.68. The number of benzene rings is 1. The van der Waals surface area contributed by atoms with Gasteiger partial charge in [0, 0.05) is 24.3 Å². The highest BCUT2D eigenvalue weighted by atomic mass is 15.1. The molecule has 0 aliphatic rings. The molecule has 2 nitrogen and oxygen atoms in total. The van der Waals surface area contributed by atoms with Gasteiger partial charge in [0.05, 0.1) is 0 Å². The van der Waals surface area contributed by atoms with Crippen molar-refractivity contribution >= 4 is 5.69 Å². The van der Waals surface area contributed by atoms with Crippen molar-refractivity contribution in [2.75, 3.05) is 18.0 Å². The van der Waals surface area contributed by atoms with E-state index in [9.17, 15) is 0 Å². The fraction of sp³-hybridized carbons (Fsp3) is 0.556. The van der Waals surface area contributed by atoms with Crippen molar-refractivity contribution in [2.24, 2.45) is 0 Å². The zero-order chi connectivity index (χ0) is 15.0. The second-order valence-electron chi connectivity index (χ2n) is 5.54. The predicted molar refractivity (Wildman–Crippen MR) is 90.4 cm³/mol. The average molecular weight is 274 g/mol. The molecule has 0 saturated carbocycles. The maximum absolute atomic E-state index is 3.85. The van der Waals surface area contributed by atoms with Crippen LogP contribution in [-0.4, -0.2) is 19.1 Å². The van der Waals surface area contributed by atoms with Crippen molar-refractivity contribution in [3.05, 3.63) is 42.5 Å². The summed E-state index contributed by atoms with van der Waals surface area (Å²) < 4.78 is 0. The largest absolute Gasteiger partial charge is 0.365 e. The summed E-state index contributed by atoms with van der Waals surface area (Å²) in [5, 5.41) is 3.60. The summed E-state index contributed by atoms with van der Waals surface area (Å²) in [7, 11) is 0. The molecule has 0 aliphatic carbocycles. The third-order valence-corrected chi connectivity index (χ3v) is 3.63. The van der Waals surface area contributed by atoms with Crippen LogP contribution in [0.2, 0.25) is 0 Å². The van der Waals surface area contributed by atoms with E-state index >= 15 is 0 Å². The molecule has 1 aromatic carbocycles. The molecule has 112 valence electrons. The molecular weight excluding hydrogens is 244 g/mol. The van der Waals surface area contributed by atoms with Crippen LogP contribution < -0.4 is 10.2 Å². The lowest BCUT2D eigenvalue weighted by molar-refractivity contribution is 0.518. The van der Waals surface area contributed by atoms with Gasteiger partial charge < -0.3 is 10.2 Å². The van der Waals surface area contributed by atoms with E-state index in [1.54, 1.807) is 0 Å². The van der Waals surface area contributed by atoms with E-state index in [4.69, 9.17) is 0 Å². The van der Waals surface area contributed by atoms with E-state index < -0.39 is 0 Å². The average Bonchev–Trinajstić information content (AvgIpc) is 2.46. The first kappa shape index (κ1) is 16.8. The highest BCUT2D eigenvalue weighted by Crippen LogP contribution is 2.22. The number of hydrogen-bond acceptors (Lipinski definition) is 2. The highest BCUT2D eigenvalue weighted by Gasteiger charge is 2.11. The lowest BCUT2D eigenvalue weighted by Crippen LogP contribution is -2.30. The molecule has 2 heteroatoms. The summed E-state index contributed by atoms with van der Waals surface area (Å²) in [5.74, 6) is 0. The molecule has 20 heavy (non-hydrogen) atoms. The Hall–Kier alpha value is -1.28. The number of rotatable bonds is 9. The smallest absolute Gasteiger partial charge is 0.0371 e. The molecule has 0 spiro atoms. The summed E-state index contributed by atoms with van der Waals surface area (Å²) in [6, 6.07) is 9.93. The first-order valence-corrected chi connectivity index (χ1v) is 7.84. The van der Waals surface area contributed by atoms with Gasteiger partial charge in [-0.2, -0.15) is 0 Å². The van der Waals surface area contributed by atoms with Gasteiger partial charge in [0.1, 0.15) is 0 Å². The van der Waals surface area contributed by atoms with Gasteiger partial charge in [-0.25, -0.2) is 0 Å². The Morgan fingerprint density at radius 3 is 2.30 bits per heavy atom. The van der Waals surface area contributed by atoms with E-state index in [2.05, 4.69) is 68.8 Å². The fourth-order valence-corrected chi connectivity index (χ4v) is 2.47. The summed E-state index contributed by atoms with van der Waals surface area (Å²) in [5.41, 5.74) is 2.65. The molecule has 1 atom stereocenters. The molecule has 1 aromatic rings. The zero-order valence-electron chi connectivity index (χ0n) is 13.5. The summed E-state index contributed by atoms with van der Waals surface area (Å²) >= 11 is 0. The molecule has 0 fully saturated rings. The Balaban J connectivity index is 2.82. The number of nitrogens with one attached hydrogen (secondary N) is 1. The Morgan fingerprint density at radius 2 is 1.85 bits per heavy atom. The van der Waals surface area contributed by atoms with Crippen molar-refractivity contribution in [3.63, 3.8) is 0 Å². The summed E-state index contributed by atoms with van der Waals surface area (Å²) in [6.45, 7) is 14.7. The SMILES string of the molecule is C=CCN(c1ccc(C(CC)NCCC)cc1)C(C)C. The topological polar surface area (TPSA) is 15.3 Å². The van der Waals surface area contributed by atoms with Crippen LogP contribution >= 0.6 is 0 Å². The molecule has 1 rings (SSSR count). The van der Waals surface area contributed by atoms with Crippen molar-refractivity contribution in [2.45, 2.75) is 52.6 Å². The number of anilines is 1. The highest BCUT2D eigenvalue weighted by molar-refractivity contribution is 5.49. The minimum Gasteiger partial charge on any atom is -0.365 e. The van der Waals surface area contributed by atoms with Crippen molar-refractivity contribution in [3.8, 4) is 0 Å². The molecule has 1 N–H and O–H groups in total. The first-order valence-electron chi connectivity index (χ1n) is 7.84. The normalized spacial score (nSPS) is 12.4. The van der Waals surface area contributed by atoms with Crippen LogP contribution in [0, 0.1) is 0 Å². The monoisotopic (exact) mass is 274 g/mol. The van der Waals surface area contributed by atoms with E-state index in [0.29, 0.717) is 12.1 Å². The molecule has 0 aliphatic heterocycles. The van der Waals surface area contributed by atoms with Gasteiger partial charge in [0.25, 0.3) is 0 Å². The molecule has 0 bridgehead atoms. The number of nitrogens with zero attached hydrogens (tertiary/aromatic N) is 1. The molecule has 0 amide bonds. The van der Waals surface area contributed by atoms with Crippen LogP contribution in [0.15, 0.2) is 36.9 Å². The van der Waals surface area contributed by atoms with E-state index in [-0.39, 0.29) is 0 Å². The van der Waals surface area contributed by atoms with Crippen LogP contribution in [0.4, 0.5) is 5.69 Å². The van der Waals surface area contributed by atoms with E-state index in [1.807, 2.05) is 6.08 Å². The quantitative estimate of drug-likeness (QED) is 0.665. The van der Waals surface area contributed by atoms with Crippen LogP contribution in [0.5, 0.6) is 0 Å². The van der Waals surface area contributed by atoms with Gasteiger partial charge in [0.2, 0.25) is 0 Å². The van der Waals surface area contributed by atoms with Crippen LogP contribution in [-0.2, 0) is 0 Å². The minimum atomic E-state index is 0.468. The molecule has 0 heterocycles. The van der Waals surface area contributed by atoms with E-state index in [0.717, 1.165) is 19.5 Å². The van der Waals surface area contributed by atoms with Crippen molar-refractivity contribution in [1.82, 2.24) is 5.32 Å². The Bertz CT molecular complexity index is 381. The van der Waals surface area contributed by atoms with Gasteiger partial charge in [-0.3, -0.25) is 0 Å². The van der Waals surface area contributed by atoms with Gasteiger partial charge >= 0.3 is 0 Å². The van der Waals surface area contributed by atoms with Gasteiger partial charge in [-0.1, -0.05) is 32.1 Å². The number of hydrogen-bond donors (Lipinski definition) is 1.